The number of nitrogens with zero attached hydrogens (tertiary/aromatic N) is 1. The van der Waals surface area contributed by atoms with Gasteiger partial charge in [-0.25, -0.2) is 0 Å². The Balaban J connectivity index is 1.78. The standard InChI is InChI=1S/C18H24N2O3/c1-3-20-15-11-14(9-10-16(15)23-12(2)18(20)22)19-17(21)13-7-5-4-6-8-13/h9-13H,3-8H2,1-2H3,(H,19,21). The second kappa shape index (κ2) is 6.60. The highest BCUT2D eigenvalue weighted by molar-refractivity contribution is 6.01. The molecule has 2 amide bonds. The molecule has 1 aromatic rings. The summed E-state index contributed by atoms with van der Waals surface area (Å²) in [6.07, 6.45) is 4.96. The zero-order valence-corrected chi connectivity index (χ0v) is 13.8. The lowest BCUT2D eigenvalue weighted by atomic mass is 9.88. The zero-order chi connectivity index (χ0) is 16.4. The monoisotopic (exact) mass is 316 g/mol. The Morgan fingerprint density at radius 3 is 2.74 bits per heavy atom. The number of anilines is 2. The second-order valence-electron chi connectivity index (χ2n) is 6.35. The highest BCUT2D eigenvalue weighted by Gasteiger charge is 2.31. The van der Waals surface area contributed by atoms with Crippen LogP contribution in [0.25, 0.3) is 0 Å². The summed E-state index contributed by atoms with van der Waals surface area (Å²) >= 11 is 0. The van der Waals surface area contributed by atoms with Gasteiger partial charge in [-0.15, -0.1) is 0 Å². The van der Waals surface area contributed by atoms with Gasteiger partial charge in [0.15, 0.2) is 6.10 Å². The molecule has 5 heteroatoms. The third-order valence-corrected chi connectivity index (χ3v) is 4.73. The summed E-state index contributed by atoms with van der Waals surface area (Å²) in [6, 6.07) is 5.51. The van der Waals surface area contributed by atoms with Gasteiger partial charge in [0.1, 0.15) is 5.75 Å². The molecule has 23 heavy (non-hydrogen) atoms. The number of benzene rings is 1. The van der Waals surface area contributed by atoms with E-state index in [1.165, 1.54) is 6.42 Å². The van der Waals surface area contributed by atoms with E-state index in [1.54, 1.807) is 11.8 Å². The maximum absolute atomic E-state index is 12.4. The van der Waals surface area contributed by atoms with Gasteiger partial charge in [-0.3, -0.25) is 9.59 Å². The van der Waals surface area contributed by atoms with E-state index in [0.29, 0.717) is 12.3 Å². The number of likely N-dealkylation sites (N-methyl/N-ethyl adjacent to an activating group) is 1. The molecule has 0 bridgehead atoms. The second-order valence-corrected chi connectivity index (χ2v) is 6.35. The van der Waals surface area contributed by atoms with Crippen molar-refractivity contribution in [2.45, 2.75) is 52.1 Å². The molecule has 1 atom stereocenters. The number of nitrogens with one attached hydrogen (secondary N) is 1. The number of fused-ring (bicyclic) bond motifs is 1. The van der Waals surface area contributed by atoms with Crippen LogP contribution in [-0.4, -0.2) is 24.5 Å². The molecular weight excluding hydrogens is 292 g/mol. The minimum Gasteiger partial charge on any atom is -0.479 e. The van der Waals surface area contributed by atoms with Gasteiger partial charge in [0.25, 0.3) is 5.91 Å². The molecule has 1 heterocycles. The fourth-order valence-electron chi connectivity index (χ4n) is 3.42. The van der Waals surface area contributed by atoms with Crippen molar-refractivity contribution in [3.05, 3.63) is 18.2 Å². The van der Waals surface area contributed by atoms with Crippen molar-refractivity contribution in [2.24, 2.45) is 5.92 Å². The molecule has 0 spiro atoms. The molecule has 124 valence electrons. The largest absolute Gasteiger partial charge is 0.479 e. The first-order valence-corrected chi connectivity index (χ1v) is 8.53. The van der Waals surface area contributed by atoms with Crippen LogP contribution in [0, 0.1) is 5.92 Å². The molecule has 1 saturated carbocycles. The Morgan fingerprint density at radius 1 is 1.30 bits per heavy atom. The number of carbonyl (C=O) groups is 2. The van der Waals surface area contributed by atoms with Gasteiger partial charge in [-0.2, -0.15) is 0 Å². The molecule has 2 aliphatic rings. The van der Waals surface area contributed by atoms with Crippen molar-refractivity contribution in [2.75, 3.05) is 16.8 Å². The summed E-state index contributed by atoms with van der Waals surface area (Å²) < 4.78 is 5.65. The van der Waals surface area contributed by atoms with E-state index in [1.807, 2.05) is 25.1 Å². The molecule has 1 N–H and O–H groups in total. The van der Waals surface area contributed by atoms with Crippen molar-refractivity contribution in [1.29, 1.82) is 0 Å². The van der Waals surface area contributed by atoms with Crippen LogP contribution in [0.3, 0.4) is 0 Å². The van der Waals surface area contributed by atoms with Crippen LogP contribution in [0.2, 0.25) is 0 Å². The fraction of sp³-hybridized carbons (Fsp3) is 0.556. The predicted octanol–water partition coefficient (Wildman–Crippen LogP) is 3.34. The van der Waals surface area contributed by atoms with Gasteiger partial charge in [0.2, 0.25) is 5.91 Å². The van der Waals surface area contributed by atoms with E-state index < -0.39 is 6.10 Å². The van der Waals surface area contributed by atoms with Crippen LogP contribution in [-0.2, 0) is 9.59 Å². The topological polar surface area (TPSA) is 58.6 Å². The Kier molecular flexibility index (Phi) is 4.55. The van der Waals surface area contributed by atoms with E-state index in [4.69, 9.17) is 4.74 Å². The number of hydrogen-bond donors (Lipinski definition) is 1. The first-order chi connectivity index (χ1) is 11.1. The molecule has 0 radical (unpaired) electrons. The Bertz CT molecular complexity index is 608. The van der Waals surface area contributed by atoms with E-state index in [9.17, 15) is 9.59 Å². The highest BCUT2D eigenvalue weighted by atomic mass is 16.5. The van der Waals surface area contributed by atoms with E-state index >= 15 is 0 Å². The smallest absolute Gasteiger partial charge is 0.267 e. The molecule has 0 saturated heterocycles. The summed E-state index contributed by atoms with van der Waals surface area (Å²) in [5.41, 5.74) is 1.46. The Morgan fingerprint density at radius 2 is 2.04 bits per heavy atom. The van der Waals surface area contributed by atoms with Crippen LogP contribution in [0.1, 0.15) is 46.0 Å². The van der Waals surface area contributed by atoms with Gasteiger partial charge >= 0.3 is 0 Å². The average Bonchev–Trinajstić information content (AvgIpc) is 2.57. The van der Waals surface area contributed by atoms with E-state index in [0.717, 1.165) is 37.1 Å². The van der Waals surface area contributed by atoms with Crippen molar-refractivity contribution in [1.82, 2.24) is 0 Å². The molecule has 3 rings (SSSR count). The maximum Gasteiger partial charge on any atom is 0.267 e. The van der Waals surface area contributed by atoms with Crippen LogP contribution in [0.5, 0.6) is 5.75 Å². The lowest BCUT2D eigenvalue weighted by Crippen LogP contribution is -2.44. The van der Waals surface area contributed by atoms with Crippen LogP contribution in [0.15, 0.2) is 18.2 Å². The number of amides is 2. The normalized spacial score (nSPS) is 21.6. The molecule has 0 aromatic heterocycles. The van der Waals surface area contributed by atoms with E-state index in [-0.39, 0.29) is 17.7 Å². The van der Waals surface area contributed by atoms with Gasteiger partial charge in [0, 0.05) is 18.2 Å². The lowest BCUT2D eigenvalue weighted by Gasteiger charge is -2.32. The molecule has 1 fully saturated rings. The van der Waals surface area contributed by atoms with Gasteiger partial charge < -0.3 is 15.0 Å². The van der Waals surface area contributed by atoms with Crippen molar-refractivity contribution in [3.8, 4) is 5.75 Å². The molecule has 1 unspecified atom stereocenters. The molecule has 1 aliphatic carbocycles. The van der Waals surface area contributed by atoms with Gasteiger partial charge in [-0.05, 0) is 44.9 Å². The van der Waals surface area contributed by atoms with Crippen LogP contribution >= 0.6 is 0 Å². The first kappa shape index (κ1) is 15.8. The molecular formula is C18H24N2O3. The molecule has 5 nitrogen and oxygen atoms in total. The summed E-state index contributed by atoms with van der Waals surface area (Å²) in [7, 11) is 0. The van der Waals surface area contributed by atoms with Crippen molar-refractivity contribution in [3.63, 3.8) is 0 Å². The minimum atomic E-state index is -0.467. The number of ether oxygens (including phenoxy) is 1. The Hall–Kier alpha value is -2.04. The molecule has 1 aliphatic heterocycles. The fourth-order valence-corrected chi connectivity index (χ4v) is 3.42. The highest BCUT2D eigenvalue weighted by Crippen LogP contribution is 2.36. The summed E-state index contributed by atoms with van der Waals surface area (Å²) in [4.78, 5) is 26.3. The quantitative estimate of drug-likeness (QED) is 0.930. The third kappa shape index (κ3) is 3.19. The molecule has 1 aromatic carbocycles. The summed E-state index contributed by atoms with van der Waals surface area (Å²) in [5, 5.41) is 3.00. The van der Waals surface area contributed by atoms with Gasteiger partial charge in [0.05, 0.1) is 5.69 Å². The predicted molar refractivity (Wildman–Crippen MR) is 89.8 cm³/mol. The first-order valence-electron chi connectivity index (χ1n) is 8.53. The van der Waals surface area contributed by atoms with Crippen molar-refractivity contribution >= 4 is 23.2 Å². The summed E-state index contributed by atoms with van der Waals surface area (Å²) in [5.74, 6) is 0.842. The van der Waals surface area contributed by atoms with Crippen LogP contribution in [0.4, 0.5) is 11.4 Å². The maximum atomic E-state index is 12.4. The number of rotatable bonds is 3. The third-order valence-electron chi connectivity index (χ3n) is 4.73. The van der Waals surface area contributed by atoms with Gasteiger partial charge in [-0.1, -0.05) is 19.3 Å². The van der Waals surface area contributed by atoms with Crippen LogP contribution < -0.4 is 15.0 Å². The zero-order valence-electron chi connectivity index (χ0n) is 13.8. The minimum absolute atomic E-state index is 0.0456. The number of hydrogen-bond acceptors (Lipinski definition) is 3. The average molecular weight is 316 g/mol. The SMILES string of the molecule is CCN1C(=O)C(C)Oc2ccc(NC(=O)C3CCCCC3)cc21. The van der Waals surface area contributed by atoms with E-state index in [2.05, 4.69) is 5.32 Å². The number of carbonyl (C=O) groups excluding carboxylic acids is 2. The van der Waals surface area contributed by atoms with Crippen molar-refractivity contribution < 1.29 is 14.3 Å². The summed E-state index contributed by atoms with van der Waals surface area (Å²) in [6.45, 7) is 4.28. The Labute approximate surface area is 137 Å². The lowest BCUT2D eigenvalue weighted by molar-refractivity contribution is -0.125.